The van der Waals surface area contributed by atoms with Gasteiger partial charge in [-0.25, -0.2) is 4.79 Å². The van der Waals surface area contributed by atoms with Crippen molar-refractivity contribution in [2.45, 2.75) is 78.7 Å². The zero-order valence-electron chi connectivity index (χ0n) is 17.6. The van der Waals surface area contributed by atoms with Gasteiger partial charge in [-0.2, -0.15) is 0 Å². The molecule has 1 saturated heterocycles. The Hall–Kier alpha value is -1.30. The van der Waals surface area contributed by atoms with E-state index in [1.54, 1.807) is 4.90 Å². The molecule has 4 atom stereocenters. The minimum atomic E-state index is -1.32. The summed E-state index contributed by atoms with van der Waals surface area (Å²) in [6.07, 6.45) is 5.44. The van der Waals surface area contributed by atoms with Crippen LogP contribution in [0.5, 0.6) is 0 Å². The molecule has 1 heterocycles. The lowest BCUT2D eigenvalue weighted by Crippen LogP contribution is -2.28. The van der Waals surface area contributed by atoms with Gasteiger partial charge in [-0.3, -0.25) is 4.79 Å². The summed E-state index contributed by atoms with van der Waals surface area (Å²) < 4.78 is 10.4. The molecule has 1 rings (SSSR count). The third-order valence-electron chi connectivity index (χ3n) is 5.57. The van der Waals surface area contributed by atoms with Crippen LogP contribution in [0, 0.1) is 17.8 Å². The van der Waals surface area contributed by atoms with Crippen LogP contribution >= 0.6 is 0 Å². The Morgan fingerprint density at radius 3 is 2.41 bits per heavy atom. The van der Waals surface area contributed by atoms with Crippen molar-refractivity contribution in [2.24, 2.45) is 17.8 Å². The fourth-order valence-electron chi connectivity index (χ4n) is 3.39. The smallest absolute Gasteiger partial charge is 0.450 e. The number of amides is 1. The molecule has 0 bridgehead atoms. The molecule has 0 saturated carbocycles. The molecule has 1 amide bonds. The standard InChI is InChI=1S/C21H39NO5/c1-5-16(2)7-8-17(3)9-10-18(4)15-26-12-6-11-22-14-19(13-20(22)23)27-21(24)25/h16-19H,5-15H2,1-4H3,(H,24,25). The number of rotatable bonds is 14. The van der Waals surface area contributed by atoms with Gasteiger partial charge in [0.2, 0.25) is 5.91 Å². The number of ether oxygens (including phenoxy) is 2. The fourth-order valence-corrected chi connectivity index (χ4v) is 3.39. The first-order valence-electron chi connectivity index (χ1n) is 10.6. The van der Waals surface area contributed by atoms with Crippen molar-refractivity contribution in [2.75, 3.05) is 26.3 Å². The van der Waals surface area contributed by atoms with Gasteiger partial charge in [0, 0.05) is 19.8 Å². The van der Waals surface area contributed by atoms with Crippen LogP contribution in [-0.4, -0.2) is 54.5 Å². The Morgan fingerprint density at radius 2 is 1.78 bits per heavy atom. The summed E-state index contributed by atoms with van der Waals surface area (Å²) in [7, 11) is 0. The highest BCUT2D eigenvalue weighted by atomic mass is 16.7. The van der Waals surface area contributed by atoms with Crippen molar-refractivity contribution >= 4 is 12.1 Å². The Kier molecular flexibility index (Phi) is 11.4. The van der Waals surface area contributed by atoms with Gasteiger partial charge in [-0.1, -0.05) is 53.4 Å². The van der Waals surface area contributed by atoms with Crippen LogP contribution in [0.25, 0.3) is 0 Å². The lowest BCUT2D eigenvalue weighted by Gasteiger charge is -2.18. The molecule has 0 aromatic carbocycles. The van der Waals surface area contributed by atoms with Crippen LogP contribution in [0.1, 0.15) is 72.6 Å². The molecule has 1 N–H and O–H groups in total. The maximum absolute atomic E-state index is 11.8. The van der Waals surface area contributed by atoms with E-state index in [1.165, 1.54) is 32.1 Å². The van der Waals surface area contributed by atoms with Crippen molar-refractivity contribution in [3.8, 4) is 0 Å². The van der Waals surface area contributed by atoms with E-state index in [0.717, 1.165) is 24.9 Å². The summed E-state index contributed by atoms with van der Waals surface area (Å²) in [5.41, 5.74) is 0. The van der Waals surface area contributed by atoms with Crippen LogP contribution in [0.2, 0.25) is 0 Å². The van der Waals surface area contributed by atoms with E-state index in [1.807, 2.05) is 0 Å². The molecule has 1 aliphatic rings. The first kappa shape index (κ1) is 23.7. The predicted molar refractivity (Wildman–Crippen MR) is 106 cm³/mol. The maximum Gasteiger partial charge on any atom is 0.506 e. The van der Waals surface area contributed by atoms with E-state index in [2.05, 4.69) is 32.4 Å². The lowest BCUT2D eigenvalue weighted by molar-refractivity contribution is -0.127. The average Bonchev–Trinajstić information content (AvgIpc) is 2.95. The number of nitrogens with zero attached hydrogens (tertiary/aromatic N) is 1. The number of likely N-dealkylation sites (tertiary alicyclic amines) is 1. The van der Waals surface area contributed by atoms with Crippen LogP contribution in [0.4, 0.5) is 4.79 Å². The van der Waals surface area contributed by atoms with E-state index in [9.17, 15) is 9.59 Å². The molecule has 6 heteroatoms. The highest BCUT2D eigenvalue weighted by molar-refractivity contribution is 5.79. The molecular formula is C21H39NO5. The van der Waals surface area contributed by atoms with Crippen LogP contribution < -0.4 is 0 Å². The average molecular weight is 386 g/mol. The van der Waals surface area contributed by atoms with Gasteiger partial charge < -0.3 is 19.5 Å². The summed E-state index contributed by atoms with van der Waals surface area (Å²) in [5, 5.41) is 8.62. The summed E-state index contributed by atoms with van der Waals surface area (Å²) in [5.74, 6) is 2.13. The van der Waals surface area contributed by atoms with Crippen molar-refractivity contribution in [3.05, 3.63) is 0 Å². The third-order valence-corrected chi connectivity index (χ3v) is 5.57. The van der Waals surface area contributed by atoms with Crippen molar-refractivity contribution in [1.29, 1.82) is 0 Å². The fraction of sp³-hybridized carbons (Fsp3) is 0.905. The summed E-state index contributed by atoms with van der Waals surface area (Å²) >= 11 is 0. The topological polar surface area (TPSA) is 76.1 Å². The van der Waals surface area contributed by atoms with Gasteiger partial charge in [0.15, 0.2) is 0 Å². The number of hydrogen-bond acceptors (Lipinski definition) is 4. The predicted octanol–water partition coefficient (Wildman–Crippen LogP) is 4.57. The van der Waals surface area contributed by atoms with Gasteiger partial charge in [0.25, 0.3) is 0 Å². The highest BCUT2D eigenvalue weighted by Gasteiger charge is 2.31. The van der Waals surface area contributed by atoms with Crippen molar-refractivity contribution < 1.29 is 24.2 Å². The summed E-state index contributed by atoms with van der Waals surface area (Å²) in [4.78, 5) is 24.0. The molecule has 0 radical (unpaired) electrons. The lowest BCUT2D eigenvalue weighted by atomic mass is 9.91. The van der Waals surface area contributed by atoms with E-state index in [0.29, 0.717) is 25.6 Å². The highest BCUT2D eigenvalue weighted by Crippen LogP contribution is 2.21. The SMILES string of the molecule is CCC(C)CCC(C)CCC(C)COCCCN1CC(OC(=O)O)CC1=O. The Balaban J connectivity index is 2.04. The van der Waals surface area contributed by atoms with Gasteiger partial charge in [0.1, 0.15) is 6.10 Å². The number of carboxylic acid groups (broad SMARTS) is 1. The van der Waals surface area contributed by atoms with Gasteiger partial charge in [0.05, 0.1) is 13.0 Å². The summed E-state index contributed by atoms with van der Waals surface area (Å²) in [6, 6.07) is 0. The normalized spacial score (nSPS) is 20.5. The second-order valence-corrected chi connectivity index (χ2v) is 8.36. The second kappa shape index (κ2) is 13.0. The van der Waals surface area contributed by atoms with Crippen LogP contribution in [0.15, 0.2) is 0 Å². The van der Waals surface area contributed by atoms with E-state index in [4.69, 9.17) is 9.84 Å². The van der Waals surface area contributed by atoms with E-state index >= 15 is 0 Å². The Morgan fingerprint density at radius 1 is 1.15 bits per heavy atom. The van der Waals surface area contributed by atoms with E-state index < -0.39 is 12.3 Å². The number of hydrogen-bond donors (Lipinski definition) is 1. The van der Waals surface area contributed by atoms with E-state index in [-0.39, 0.29) is 12.3 Å². The first-order valence-corrected chi connectivity index (χ1v) is 10.6. The molecule has 0 spiro atoms. The number of carbonyl (C=O) groups excluding carboxylic acids is 1. The molecule has 27 heavy (non-hydrogen) atoms. The van der Waals surface area contributed by atoms with Crippen LogP contribution in [-0.2, 0) is 14.3 Å². The minimum Gasteiger partial charge on any atom is -0.450 e. The Bertz CT molecular complexity index is 442. The molecule has 0 aromatic rings. The number of carbonyl (C=O) groups is 2. The monoisotopic (exact) mass is 385 g/mol. The zero-order valence-corrected chi connectivity index (χ0v) is 17.6. The molecule has 1 aliphatic heterocycles. The molecular weight excluding hydrogens is 346 g/mol. The quantitative estimate of drug-likeness (QED) is 0.350. The zero-order chi connectivity index (χ0) is 20.2. The largest absolute Gasteiger partial charge is 0.506 e. The minimum absolute atomic E-state index is 0.0407. The third kappa shape index (κ3) is 10.6. The molecule has 0 aromatic heterocycles. The Labute approximate surface area is 164 Å². The maximum atomic E-state index is 11.8. The molecule has 1 fully saturated rings. The van der Waals surface area contributed by atoms with Gasteiger partial charge in [-0.05, 0) is 30.6 Å². The first-order chi connectivity index (χ1) is 12.8. The molecule has 0 aliphatic carbocycles. The van der Waals surface area contributed by atoms with Gasteiger partial charge >= 0.3 is 6.16 Å². The van der Waals surface area contributed by atoms with Crippen LogP contribution in [0.3, 0.4) is 0 Å². The summed E-state index contributed by atoms with van der Waals surface area (Å²) in [6.45, 7) is 11.5. The van der Waals surface area contributed by atoms with Crippen molar-refractivity contribution in [1.82, 2.24) is 4.90 Å². The van der Waals surface area contributed by atoms with Gasteiger partial charge in [-0.15, -0.1) is 0 Å². The molecule has 6 nitrogen and oxygen atoms in total. The van der Waals surface area contributed by atoms with Crippen molar-refractivity contribution in [3.63, 3.8) is 0 Å². The second-order valence-electron chi connectivity index (χ2n) is 8.36. The molecule has 158 valence electrons. The molecule has 4 unspecified atom stereocenters.